The first kappa shape index (κ1) is 18.5. The van der Waals surface area contributed by atoms with Gasteiger partial charge in [0.25, 0.3) is 0 Å². The second-order valence-corrected chi connectivity index (χ2v) is 8.22. The average Bonchev–Trinajstić information content (AvgIpc) is 3.07. The zero-order valence-electron chi connectivity index (χ0n) is 16.6. The second kappa shape index (κ2) is 6.93. The fourth-order valence-corrected chi connectivity index (χ4v) is 3.91. The predicted molar refractivity (Wildman–Crippen MR) is 104 cm³/mol. The topological polar surface area (TPSA) is 84.0 Å². The molecule has 0 amide bonds. The number of pyridine rings is 1. The van der Waals surface area contributed by atoms with Crippen LogP contribution >= 0.6 is 0 Å². The monoisotopic (exact) mass is 379 g/mol. The van der Waals surface area contributed by atoms with Crippen LogP contribution in [-0.2, 0) is 16.7 Å². The summed E-state index contributed by atoms with van der Waals surface area (Å²) in [7, 11) is 0. The third-order valence-corrected chi connectivity index (χ3v) is 5.62. The highest BCUT2D eigenvalue weighted by Crippen LogP contribution is 2.46. The number of ether oxygens (including phenoxy) is 1. The molecule has 1 aliphatic heterocycles. The highest BCUT2D eigenvalue weighted by atomic mass is 16.5. The minimum atomic E-state index is -0.717. The molecule has 1 saturated carbocycles. The maximum atomic E-state index is 11.9. The summed E-state index contributed by atoms with van der Waals surface area (Å²) in [4.78, 5) is 19.1. The Morgan fingerprint density at radius 2 is 2.11 bits per heavy atom. The fourth-order valence-electron chi connectivity index (χ4n) is 3.91. The highest BCUT2D eigenvalue weighted by Gasteiger charge is 2.45. The number of carbonyl (C=O) groups is 1. The number of aromatic nitrogens is 3. The molecule has 7 heteroatoms. The summed E-state index contributed by atoms with van der Waals surface area (Å²) >= 11 is 0. The van der Waals surface area contributed by atoms with E-state index in [1.165, 1.54) is 12.6 Å². The van der Waals surface area contributed by atoms with Gasteiger partial charge in [-0.15, -0.1) is 0 Å². The van der Waals surface area contributed by atoms with Crippen molar-refractivity contribution < 1.29 is 9.53 Å². The van der Waals surface area contributed by atoms with Gasteiger partial charge in [-0.05, 0) is 50.7 Å². The first-order valence-electron chi connectivity index (χ1n) is 9.77. The number of fused-ring (bicyclic) bond motifs is 1. The van der Waals surface area contributed by atoms with Crippen molar-refractivity contribution in [2.45, 2.75) is 39.2 Å². The van der Waals surface area contributed by atoms with E-state index >= 15 is 0 Å². The number of carbonyl (C=O) groups excluding carboxylic acids is 1. The van der Waals surface area contributed by atoms with Gasteiger partial charge in [0.2, 0.25) is 0 Å². The van der Waals surface area contributed by atoms with Gasteiger partial charge in [0, 0.05) is 19.3 Å². The normalized spacial score (nSPS) is 20.6. The largest absolute Gasteiger partial charge is 0.462 e. The number of esters is 1. The van der Waals surface area contributed by atoms with Crippen molar-refractivity contribution in [1.82, 2.24) is 14.8 Å². The number of nitriles is 1. The Bertz CT molecular complexity index is 933. The van der Waals surface area contributed by atoms with Crippen LogP contribution in [0, 0.1) is 23.2 Å². The van der Waals surface area contributed by atoms with E-state index in [1.54, 1.807) is 17.8 Å². The molecule has 2 aromatic heterocycles. The Morgan fingerprint density at radius 3 is 2.79 bits per heavy atom. The van der Waals surface area contributed by atoms with Crippen molar-refractivity contribution in [3.05, 3.63) is 41.3 Å². The van der Waals surface area contributed by atoms with E-state index in [-0.39, 0.29) is 5.97 Å². The number of piperidine rings is 1. The second-order valence-electron chi connectivity index (χ2n) is 8.22. The van der Waals surface area contributed by atoms with Crippen LogP contribution in [0.5, 0.6) is 0 Å². The Labute approximate surface area is 164 Å². The summed E-state index contributed by atoms with van der Waals surface area (Å²) in [6.07, 6.45) is 4.52. The molecule has 0 aromatic carbocycles. The van der Waals surface area contributed by atoms with Gasteiger partial charge in [-0.3, -0.25) is 4.68 Å². The maximum Gasteiger partial charge on any atom is 0.341 e. The Hall–Kier alpha value is -2.88. The van der Waals surface area contributed by atoms with Crippen LogP contribution in [0.2, 0.25) is 0 Å². The zero-order valence-corrected chi connectivity index (χ0v) is 16.6. The number of hydrogen-bond donors (Lipinski definition) is 0. The molecule has 1 aliphatic carbocycles. The third kappa shape index (κ3) is 3.47. The van der Waals surface area contributed by atoms with Crippen molar-refractivity contribution in [3.63, 3.8) is 0 Å². The van der Waals surface area contributed by atoms with Gasteiger partial charge in [0.15, 0.2) is 0 Å². The number of anilines is 1. The van der Waals surface area contributed by atoms with E-state index in [0.29, 0.717) is 18.7 Å². The molecular weight excluding hydrogens is 354 g/mol. The molecule has 4 rings (SSSR count). The summed E-state index contributed by atoms with van der Waals surface area (Å²) in [5.74, 6) is 2.20. The van der Waals surface area contributed by atoms with Crippen LogP contribution in [0.15, 0.2) is 24.5 Å². The van der Waals surface area contributed by atoms with Crippen molar-refractivity contribution >= 4 is 11.8 Å². The molecule has 2 fully saturated rings. The molecule has 0 radical (unpaired) electrons. The smallest absolute Gasteiger partial charge is 0.341 e. The van der Waals surface area contributed by atoms with Crippen LogP contribution < -0.4 is 4.90 Å². The van der Waals surface area contributed by atoms with Gasteiger partial charge in [0.05, 0.1) is 42.1 Å². The van der Waals surface area contributed by atoms with Gasteiger partial charge in [-0.2, -0.15) is 10.4 Å². The van der Waals surface area contributed by atoms with E-state index in [1.807, 2.05) is 26.0 Å². The lowest BCUT2D eigenvalue weighted by atomic mass is 9.87. The quantitative estimate of drug-likeness (QED) is 0.718. The molecule has 2 aromatic rings. The van der Waals surface area contributed by atoms with Crippen molar-refractivity contribution in [2.75, 3.05) is 24.6 Å². The predicted octanol–water partition coefficient (Wildman–Crippen LogP) is 2.76. The molecule has 0 N–H and O–H groups in total. The summed E-state index contributed by atoms with van der Waals surface area (Å²) < 4.78 is 6.70. The van der Waals surface area contributed by atoms with Gasteiger partial charge in [0.1, 0.15) is 5.82 Å². The lowest BCUT2D eigenvalue weighted by Crippen LogP contribution is -2.26. The molecule has 7 nitrogen and oxygen atoms in total. The van der Waals surface area contributed by atoms with E-state index < -0.39 is 5.41 Å². The lowest BCUT2D eigenvalue weighted by molar-refractivity contribution is 0.0526. The van der Waals surface area contributed by atoms with E-state index in [4.69, 9.17) is 9.72 Å². The molecular formula is C21H25N5O2. The Morgan fingerprint density at radius 1 is 1.36 bits per heavy atom. The first-order valence-corrected chi connectivity index (χ1v) is 9.77. The lowest BCUT2D eigenvalue weighted by Gasteiger charge is -2.24. The SMILES string of the molecule is CCOC(=O)c1cnn(Cc2ccc(N3CC4C[C@H]4C3)nc2C(C)(C)C#N)c1. The maximum absolute atomic E-state index is 11.9. The number of nitrogens with zero attached hydrogens (tertiary/aromatic N) is 5. The zero-order chi connectivity index (χ0) is 19.9. The van der Waals surface area contributed by atoms with Gasteiger partial charge in [-0.1, -0.05) is 6.07 Å². The van der Waals surface area contributed by atoms with Crippen molar-refractivity contribution in [3.8, 4) is 6.07 Å². The van der Waals surface area contributed by atoms with Gasteiger partial charge in [-0.25, -0.2) is 9.78 Å². The summed E-state index contributed by atoms with van der Waals surface area (Å²) in [5.41, 5.74) is 1.40. The van der Waals surface area contributed by atoms with E-state index in [2.05, 4.69) is 16.1 Å². The van der Waals surface area contributed by atoms with Crippen molar-refractivity contribution in [2.24, 2.45) is 11.8 Å². The first-order chi connectivity index (χ1) is 13.4. The van der Waals surface area contributed by atoms with Crippen LogP contribution in [0.4, 0.5) is 5.82 Å². The summed E-state index contributed by atoms with van der Waals surface area (Å²) in [5, 5.41) is 14.0. The molecule has 0 spiro atoms. The molecule has 2 aliphatic rings. The average molecular weight is 379 g/mol. The Balaban J connectivity index is 1.61. The summed E-state index contributed by atoms with van der Waals surface area (Å²) in [6.45, 7) is 8.44. The van der Waals surface area contributed by atoms with E-state index in [0.717, 1.165) is 42.0 Å². The third-order valence-electron chi connectivity index (χ3n) is 5.62. The van der Waals surface area contributed by atoms with Crippen LogP contribution in [0.25, 0.3) is 0 Å². The molecule has 146 valence electrons. The van der Waals surface area contributed by atoms with Gasteiger partial charge < -0.3 is 9.64 Å². The minimum Gasteiger partial charge on any atom is -0.462 e. The summed E-state index contributed by atoms with van der Waals surface area (Å²) in [6, 6.07) is 6.44. The van der Waals surface area contributed by atoms with Crippen LogP contribution in [0.1, 0.15) is 48.8 Å². The number of rotatable bonds is 6. The fraction of sp³-hybridized carbons (Fsp3) is 0.524. The van der Waals surface area contributed by atoms with Gasteiger partial charge >= 0.3 is 5.97 Å². The van der Waals surface area contributed by atoms with Crippen LogP contribution in [-0.4, -0.2) is 40.4 Å². The molecule has 28 heavy (non-hydrogen) atoms. The molecule has 1 saturated heterocycles. The van der Waals surface area contributed by atoms with E-state index in [9.17, 15) is 10.1 Å². The van der Waals surface area contributed by atoms with Crippen LogP contribution in [0.3, 0.4) is 0 Å². The molecule has 2 atom stereocenters. The molecule has 0 bridgehead atoms. The molecule has 3 heterocycles. The number of hydrogen-bond acceptors (Lipinski definition) is 6. The highest BCUT2D eigenvalue weighted by molar-refractivity contribution is 5.88. The minimum absolute atomic E-state index is 0.327. The molecule has 1 unspecified atom stereocenters. The van der Waals surface area contributed by atoms with Crippen molar-refractivity contribution in [1.29, 1.82) is 5.26 Å². The Kier molecular flexibility index (Phi) is 4.58. The standard InChI is InChI=1S/C21H25N5O2/c1-4-28-20(27)17-8-23-26(12-17)11-14-5-6-18(24-19(14)21(2,3)13-22)25-9-15-7-16(15)10-25/h5-6,8,12,15-16H,4,7,9-11H2,1-3H3/t15-,16?/m0/s1.